The predicted octanol–water partition coefficient (Wildman–Crippen LogP) is 1.54. The first-order valence-corrected chi connectivity index (χ1v) is 4.21. The highest BCUT2D eigenvalue weighted by molar-refractivity contribution is 14.1. The second-order valence-electron chi connectivity index (χ2n) is 1.90. The summed E-state index contributed by atoms with van der Waals surface area (Å²) in [6.07, 6.45) is -0.871. The molecular formula is C6H7F2IO3. The lowest BCUT2D eigenvalue weighted by molar-refractivity contribution is -0.148. The van der Waals surface area contributed by atoms with Crippen LogP contribution >= 0.6 is 22.6 Å². The van der Waals surface area contributed by atoms with Crippen molar-refractivity contribution in [2.75, 3.05) is 6.61 Å². The Kier molecular flexibility index (Phi) is 4.58. The molecule has 3 nitrogen and oxygen atoms in total. The summed E-state index contributed by atoms with van der Waals surface area (Å²) in [5, 5.41) is 0. The minimum atomic E-state index is -3.48. The third-order valence-corrected chi connectivity index (χ3v) is 1.53. The van der Waals surface area contributed by atoms with E-state index in [1.54, 1.807) is 0 Å². The number of ether oxygens (including phenoxy) is 1. The van der Waals surface area contributed by atoms with Gasteiger partial charge in [0.05, 0.1) is 6.61 Å². The lowest BCUT2D eigenvalue weighted by Gasteiger charge is -2.05. The van der Waals surface area contributed by atoms with Gasteiger partial charge >= 0.3 is 9.90 Å². The number of carbonyl (C=O) groups excluding carboxylic acids is 2. The van der Waals surface area contributed by atoms with E-state index < -0.39 is 22.1 Å². The van der Waals surface area contributed by atoms with E-state index in [-0.39, 0.29) is 6.61 Å². The molecule has 0 N–H and O–H groups in total. The summed E-state index contributed by atoms with van der Waals surface area (Å²) >= 11 is 0.674. The van der Waals surface area contributed by atoms with Gasteiger partial charge in [-0.25, -0.2) is 0 Å². The van der Waals surface area contributed by atoms with Crippen LogP contribution in [0, 0.1) is 0 Å². The fourth-order valence-corrected chi connectivity index (χ4v) is 0.634. The minimum Gasteiger partial charge on any atom is -0.466 e. The molecule has 0 spiro atoms. The first kappa shape index (κ1) is 11.7. The topological polar surface area (TPSA) is 43.4 Å². The van der Waals surface area contributed by atoms with Gasteiger partial charge in [0.25, 0.3) is 0 Å². The van der Waals surface area contributed by atoms with E-state index in [2.05, 4.69) is 4.74 Å². The molecule has 0 unspecified atom stereocenters. The van der Waals surface area contributed by atoms with Crippen LogP contribution in [0.15, 0.2) is 0 Å². The molecule has 0 heterocycles. The highest BCUT2D eigenvalue weighted by atomic mass is 127. The Labute approximate surface area is 81.6 Å². The molecule has 0 rings (SSSR count). The van der Waals surface area contributed by atoms with Crippen molar-refractivity contribution in [1.82, 2.24) is 0 Å². The second kappa shape index (κ2) is 4.68. The van der Waals surface area contributed by atoms with Gasteiger partial charge in [-0.2, -0.15) is 8.78 Å². The van der Waals surface area contributed by atoms with Crippen molar-refractivity contribution in [3.63, 3.8) is 0 Å². The molecule has 0 saturated carbocycles. The third kappa shape index (κ3) is 4.58. The van der Waals surface area contributed by atoms with Crippen LogP contribution in [0.5, 0.6) is 0 Å². The summed E-state index contributed by atoms with van der Waals surface area (Å²) in [6.45, 7) is 1.61. The van der Waals surface area contributed by atoms with Crippen molar-refractivity contribution in [3.8, 4) is 0 Å². The SMILES string of the molecule is CCOC(=O)CC(=O)C(F)(F)I. The lowest BCUT2D eigenvalue weighted by atomic mass is 10.3. The first-order chi connectivity index (χ1) is 5.38. The fraction of sp³-hybridized carbons (Fsp3) is 0.667. The highest BCUT2D eigenvalue weighted by Gasteiger charge is 2.35. The molecule has 6 heteroatoms. The Bertz CT molecular complexity index is 188. The monoisotopic (exact) mass is 292 g/mol. The van der Waals surface area contributed by atoms with Gasteiger partial charge in [0.2, 0.25) is 5.78 Å². The van der Waals surface area contributed by atoms with Crippen LogP contribution < -0.4 is 0 Å². The summed E-state index contributed by atoms with van der Waals surface area (Å²) in [7, 11) is 0. The van der Waals surface area contributed by atoms with E-state index in [1.165, 1.54) is 6.92 Å². The van der Waals surface area contributed by atoms with Crippen LogP contribution in [-0.2, 0) is 14.3 Å². The van der Waals surface area contributed by atoms with Crippen molar-refractivity contribution in [2.45, 2.75) is 17.3 Å². The first-order valence-electron chi connectivity index (χ1n) is 3.13. The van der Waals surface area contributed by atoms with E-state index >= 15 is 0 Å². The zero-order chi connectivity index (χ0) is 9.78. The number of carbonyl (C=O) groups is 2. The molecule has 0 radical (unpaired) electrons. The Morgan fingerprint density at radius 1 is 1.50 bits per heavy atom. The zero-order valence-corrected chi connectivity index (χ0v) is 8.43. The summed E-state index contributed by atoms with van der Waals surface area (Å²) in [5.74, 6) is -2.35. The third-order valence-electron chi connectivity index (χ3n) is 0.926. The molecule has 70 valence electrons. The molecule has 0 bridgehead atoms. The van der Waals surface area contributed by atoms with Crippen molar-refractivity contribution >= 4 is 34.3 Å². The molecule has 0 amide bonds. The number of halogens is 3. The van der Waals surface area contributed by atoms with Crippen molar-refractivity contribution in [2.24, 2.45) is 0 Å². The van der Waals surface area contributed by atoms with Crippen LogP contribution in [0.2, 0.25) is 0 Å². The van der Waals surface area contributed by atoms with Crippen LogP contribution in [0.25, 0.3) is 0 Å². The second-order valence-corrected chi connectivity index (χ2v) is 3.26. The van der Waals surface area contributed by atoms with Crippen molar-refractivity contribution < 1.29 is 23.1 Å². The van der Waals surface area contributed by atoms with Crippen LogP contribution in [0.4, 0.5) is 8.78 Å². The number of hydrogen-bond acceptors (Lipinski definition) is 3. The standard InChI is InChI=1S/C6H7F2IO3/c1-2-12-5(11)3-4(10)6(7,8)9/h2-3H2,1H3. The molecule has 0 aromatic carbocycles. The average molecular weight is 292 g/mol. The van der Waals surface area contributed by atoms with Gasteiger partial charge in [-0.05, 0) is 6.92 Å². The molecule has 0 aromatic heterocycles. The molecule has 0 aliphatic heterocycles. The quantitative estimate of drug-likeness (QED) is 0.342. The molecule has 12 heavy (non-hydrogen) atoms. The lowest BCUT2D eigenvalue weighted by Crippen LogP contribution is -2.24. The fourth-order valence-electron chi connectivity index (χ4n) is 0.443. The molecule has 0 aliphatic rings. The van der Waals surface area contributed by atoms with E-state index in [0.29, 0.717) is 22.6 Å². The number of rotatable bonds is 4. The number of Topliss-reactive ketones (excluding diaryl/α,β-unsaturated/α-hetero) is 1. The van der Waals surface area contributed by atoms with E-state index in [9.17, 15) is 18.4 Å². The van der Waals surface area contributed by atoms with E-state index in [4.69, 9.17) is 0 Å². The normalized spacial score (nSPS) is 11.0. The van der Waals surface area contributed by atoms with Gasteiger partial charge < -0.3 is 4.74 Å². The highest BCUT2D eigenvalue weighted by Crippen LogP contribution is 2.24. The minimum absolute atomic E-state index is 0.0823. The van der Waals surface area contributed by atoms with Gasteiger partial charge in [0.1, 0.15) is 6.42 Å². The Balaban J connectivity index is 3.94. The molecule has 0 fully saturated rings. The number of hydrogen-bond donors (Lipinski definition) is 0. The van der Waals surface area contributed by atoms with Gasteiger partial charge in [0, 0.05) is 22.6 Å². The zero-order valence-electron chi connectivity index (χ0n) is 6.27. The molecular weight excluding hydrogens is 285 g/mol. The maximum Gasteiger partial charge on any atom is 0.354 e. The Morgan fingerprint density at radius 3 is 2.33 bits per heavy atom. The molecule has 0 saturated heterocycles. The van der Waals surface area contributed by atoms with Crippen LogP contribution in [-0.4, -0.2) is 22.3 Å². The van der Waals surface area contributed by atoms with Gasteiger partial charge in [-0.1, -0.05) is 0 Å². The van der Waals surface area contributed by atoms with Gasteiger partial charge in [0.15, 0.2) is 0 Å². The maximum atomic E-state index is 12.1. The van der Waals surface area contributed by atoms with E-state index in [0.717, 1.165) is 0 Å². The summed E-state index contributed by atoms with van der Waals surface area (Å²) in [4.78, 5) is 21.0. The largest absolute Gasteiger partial charge is 0.466 e. The Morgan fingerprint density at radius 2 is 2.00 bits per heavy atom. The summed E-state index contributed by atoms with van der Waals surface area (Å²) in [6, 6.07) is 0. The van der Waals surface area contributed by atoms with Crippen molar-refractivity contribution in [1.29, 1.82) is 0 Å². The van der Waals surface area contributed by atoms with Crippen LogP contribution in [0.3, 0.4) is 0 Å². The number of alkyl halides is 3. The number of esters is 1. The molecule has 0 aliphatic carbocycles. The van der Waals surface area contributed by atoms with Gasteiger partial charge in [-0.15, -0.1) is 0 Å². The summed E-state index contributed by atoms with van der Waals surface area (Å²) in [5.41, 5.74) is 0. The maximum absolute atomic E-state index is 12.1. The predicted molar refractivity (Wildman–Crippen MR) is 45.2 cm³/mol. The average Bonchev–Trinajstić information content (AvgIpc) is 1.85. The molecule has 0 atom stereocenters. The Hall–Kier alpha value is -0.270. The molecule has 0 aromatic rings. The number of ketones is 1. The smallest absolute Gasteiger partial charge is 0.354 e. The van der Waals surface area contributed by atoms with Crippen molar-refractivity contribution in [3.05, 3.63) is 0 Å². The summed E-state index contributed by atoms with van der Waals surface area (Å²) < 4.78 is 25.1. The van der Waals surface area contributed by atoms with Gasteiger partial charge in [-0.3, -0.25) is 9.59 Å². The van der Waals surface area contributed by atoms with Crippen LogP contribution in [0.1, 0.15) is 13.3 Å². The van der Waals surface area contributed by atoms with E-state index in [1.807, 2.05) is 0 Å².